The van der Waals surface area contributed by atoms with E-state index in [1.54, 1.807) is 13.8 Å². The van der Waals surface area contributed by atoms with Gasteiger partial charge in [-0.2, -0.15) is 0 Å². The van der Waals surface area contributed by atoms with E-state index in [0.29, 0.717) is 0 Å². The molecule has 1 atom stereocenters. The summed E-state index contributed by atoms with van der Waals surface area (Å²) in [5.41, 5.74) is 0. The second-order valence-corrected chi connectivity index (χ2v) is 3.80. The first kappa shape index (κ1) is 13.9. The van der Waals surface area contributed by atoms with Gasteiger partial charge < -0.3 is 9.47 Å². The van der Waals surface area contributed by atoms with Gasteiger partial charge in [-0.3, -0.25) is 9.59 Å². The standard InChI is InChI=1S/C11H20O4/c1-5-9(4)11(13)15-7-6-14-10(12)8(2)3/h8-9H,5-7H2,1-4H3. The molecule has 0 aliphatic rings. The van der Waals surface area contributed by atoms with E-state index in [4.69, 9.17) is 9.47 Å². The summed E-state index contributed by atoms with van der Waals surface area (Å²) in [5, 5.41) is 0. The number of carbonyl (C=O) groups excluding carboxylic acids is 2. The lowest BCUT2D eigenvalue weighted by molar-refractivity contribution is -0.156. The van der Waals surface area contributed by atoms with Crippen molar-refractivity contribution in [1.82, 2.24) is 0 Å². The minimum absolute atomic E-state index is 0.0919. The zero-order chi connectivity index (χ0) is 11.8. The number of esters is 2. The zero-order valence-electron chi connectivity index (χ0n) is 9.91. The zero-order valence-corrected chi connectivity index (χ0v) is 9.91. The predicted molar refractivity (Wildman–Crippen MR) is 56.2 cm³/mol. The number of hydrogen-bond donors (Lipinski definition) is 0. The Kier molecular flexibility index (Phi) is 6.75. The summed E-state index contributed by atoms with van der Waals surface area (Å²) in [4.78, 5) is 22.2. The molecule has 0 saturated heterocycles. The van der Waals surface area contributed by atoms with Crippen LogP contribution in [-0.2, 0) is 19.1 Å². The fourth-order valence-corrected chi connectivity index (χ4v) is 0.760. The predicted octanol–water partition coefficient (Wildman–Crippen LogP) is 1.77. The fourth-order valence-electron chi connectivity index (χ4n) is 0.760. The van der Waals surface area contributed by atoms with Crippen molar-refractivity contribution in [3.05, 3.63) is 0 Å². The summed E-state index contributed by atoms with van der Waals surface area (Å²) in [6, 6.07) is 0. The summed E-state index contributed by atoms with van der Waals surface area (Å²) >= 11 is 0. The Bertz CT molecular complexity index is 211. The SMILES string of the molecule is CCC(C)C(=O)OCCOC(=O)C(C)C. The third-order valence-corrected chi connectivity index (χ3v) is 2.06. The Labute approximate surface area is 90.9 Å². The molecule has 1 unspecified atom stereocenters. The molecule has 4 heteroatoms. The molecule has 0 rings (SSSR count). The topological polar surface area (TPSA) is 52.6 Å². The van der Waals surface area contributed by atoms with Gasteiger partial charge in [-0.05, 0) is 6.42 Å². The highest BCUT2D eigenvalue weighted by Crippen LogP contribution is 2.03. The highest BCUT2D eigenvalue weighted by Gasteiger charge is 2.12. The van der Waals surface area contributed by atoms with E-state index >= 15 is 0 Å². The summed E-state index contributed by atoms with van der Waals surface area (Å²) in [6.07, 6.45) is 0.755. The lowest BCUT2D eigenvalue weighted by Crippen LogP contribution is -2.19. The van der Waals surface area contributed by atoms with Crippen LogP contribution in [-0.4, -0.2) is 25.2 Å². The molecule has 0 spiro atoms. The highest BCUT2D eigenvalue weighted by molar-refractivity contribution is 5.72. The Hall–Kier alpha value is -1.06. The summed E-state index contributed by atoms with van der Waals surface area (Å²) < 4.78 is 9.76. The van der Waals surface area contributed by atoms with E-state index in [-0.39, 0.29) is 37.0 Å². The molecule has 0 bridgehead atoms. The Balaban J connectivity index is 3.55. The first-order valence-electron chi connectivity index (χ1n) is 5.32. The van der Waals surface area contributed by atoms with Gasteiger partial charge in [0.2, 0.25) is 0 Å². The molecule has 0 amide bonds. The van der Waals surface area contributed by atoms with Crippen molar-refractivity contribution in [2.24, 2.45) is 11.8 Å². The second kappa shape index (κ2) is 7.26. The monoisotopic (exact) mass is 216 g/mol. The molecule has 0 aromatic heterocycles. The van der Waals surface area contributed by atoms with E-state index in [1.807, 2.05) is 13.8 Å². The van der Waals surface area contributed by atoms with Crippen molar-refractivity contribution in [2.75, 3.05) is 13.2 Å². The van der Waals surface area contributed by atoms with Gasteiger partial charge in [0.1, 0.15) is 13.2 Å². The van der Waals surface area contributed by atoms with Crippen LogP contribution in [0.5, 0.6) is 0 Å². The van der Waals surface area contributed by atoms with Crippen molar-refractivity contribution in [3.8, 4) is 0 Å². The van der Waals surface area contributed by atoms with Crippen LogP contribution >= 0.6 is 0 Å². The molecular formula is C11H20O4. The van der Waals surface area contributed by atoms with Gasteiger partial charge in [0, 0.05) is 0 Å². The van der Waals surface area contributed by atoms with Crippen molar-refractivity contribution in [2.45, 2.75) is 34.1 Å². The molecule has 15 heavy (non-hydrogen) atoms. The van der Waals surface area contributed by atoms with Crippen molar-refractivity contribution in [1.29, 1.82) is 0 Å². The Morgan fingerprint density at radius 3 is 1.87 bits per heavy atom. The van der Waals surface area contributed by atoms with Crippen LogP contribution in [0.15, 0.2) is 0 Å². The van der Waals surface area contributed by atoms with Crippen LogP contribution in [0.3, 0.4) is 0 Å². The minimum Gasteiger partial charge on any atom is -0.462 e. The second-order valence-electron chi connectivity index (χ2n) is 3.80. The van der Waals surface area contributed by atoms with E-state index in [9.17, 15) is 9.59 Å². The van der Waals surface area contributed by atoms with Gasteiger partial charge in [0.25, 0.3) is 0 Å². The summed E-state index contributed by atoms with van der Waals surface area (Å²) in [5.74, 6) is -0.742. The molecule has 0 aromatic rings. The van der Waals surface area contributed by atoms with Crippen LogP contribution in [0.25, 0.3) is 0 Å². The number of carbonyl (C=O) groups is 2. The number of rotatable bonds is 6. The Morgan fingerprint density at radius 2 is 1.47 bits per heavy atom. The fraction of sp³-hybridized carbons (Fsp3) is 0.818. The van der Waals surface area contributed by atoms with Crippen LogP contribution in [0.4, 0.5) is 0 Å². The molecule has 0 aliphatic heterocycles. The average Bonchev–Trinajstić information content (AvgIpc) is 2.22. The molecular weight excluding hydrogens is 196 g/mol. The van der Waals surface area contributed by atoms with Gasteiger partial charge in [-0.1, -0.05) is 27.7 Å². The van der Waals surface area contributed by atoms with Crippen molar-refractivity contribution in [3.63, 3.8) is 0 Å². The number of ether oxygens (including phenoxy) is 2. The van der Waals surface area contributed by atoms with Crippen LogP contribution in [0.1, 0.15) is 34.1 Å². The molecule has 0 aliphatic carbocycles. The van der Waals surface area contributed by atoms with E-state index in [2.05, 4.69) is 0 Å². The third-order valence-electron chi connectivity index (χ3n) is 2.06. The van der Waals surface area contributed by atoms with Crippen LogP contribution in [0, 0.1) is 11.8 Å². The maximum absolute atomic E-state index is 11.2. The van der Waals surface area contributed by atoms with Gasteiger partial charge in [0.05, 0.1) is 11.8 Å². The third kappa shape index (κ3) is 6.10. The van der Waals surface area contributed by atoms with Crippen molar-refractivity contribution >= 4 is 11.9 Å². The van der Waals surface area contributed by atoms with E-state index < -0.39 is 0 Å². The molecule has 4 nitrogen and oxygen atoms in total. The van der Waals surface area contributed by atoms with Gasteiger partial charge >= 0.3 is 11.9 Å². The molecule has 0 fully saturated rings. The Morgan fingerprint density at radius 1 is 1.00 bits per heavy atom. The largest absolute Gasteiger partial charge is 0.462 e. The summed E-state index contributed by atoms with van der Waals surface area (Å²) in [6.45, 7) is 7.52. The molecule has 0 N–H and O–H groups in total. The smallest absolute Gasteiger partial charge is 0.308 e. The average molecular weight is 216 g/mol. The van der Waals surface area contributed by atoms with Crippen molar-refractivity contribution < 1.29 is 19.1 Å². The first-order chi connectivity index (χ1) is 6.99. The highest BCUT2D eigenvalue weighted by atomic mass is 16.6. The number of hydrogen-bond acceptors (Lipinski definition) is 4. The maximum Gasteiger partial charge on any atom is 0.308 e. The molecule has 0 radical (unpaired) electrons. The molecule has 0 aromatic carbocycles. The molecule has 0 saturated carbocycles. The maximum atomic E-state index is 11.2. The van der Waals surface area contributed by atoms with E-state index in [1.165, 1.54) is 0 Å². The van der Waals surface area contributed by atoms with Crippen LogP contribution < -0.4 is 0 Å². The normalized spacial score (nSPS) is 12.3. The van der Waals surface area contributed by atoms with Gasteiger partial charge in [-0.25, -0.2) is 0 Å². The van der Waals surface area contributed by atoms with E-state index in [0.717, 1.165) is 6.42 Å². The lowest BCUT2D eigenvalue weighted by Gasteiger charge is -2.10. The molecule has 0 heterocycles. The lowest BCUT2D eigenvalue weighted by atomic mass is 10.1. The van der Waals surface area contributed by atoms with Gasteiger partial charge in [0.15, 0.2) is 0 Å². The molecule has 88 valence electrons. The quantitative estimate of drug-likeness (QED) is 0.501. The summed E-state index contributed by atoms with van der Waals surface area (Å²) in [7, 11) is 0. The first-order valence-corrected chi connectivity index (χ1v) is 5.32. The van der Waals surface area contributed by atoms with Gasteiger partial charge in [-0.15, -0.1) is 0 Å². The van der Waals surface area contributed by atoms with Crippen LogP contribution in [0.2, 0.25) is 0 Å². The minimum atomic E-state index is -0.269.